The van der Waals surface area contributed by atoms with Crippen LogP contribution < -0.4 is 9.47 Å². The minimum atomic E-state index is -0.694. The Kier molecular flexibility index (Phi) is 1.65. The second kappa shape index (κ2) is 2.53. The molecule has 0 radical (unpaired) electrons. The van der Waals surface area contributed by atoms with E-state index in [4.69, 9.17) is 9.47 Å². The fourth-order valence-corrected chi connectivity index (χ4v) is 1.48. The van der Waals surface area contributed by atoms with Crippen LogP contribution >= 0.6 is 0 Å². The molecular weight excluding hydrogens is 182 g/mol. The highest BCUT2D eigenvalue weighted by atomic mass is 16.7. The molecule has 1 aliphatic rings. The predicted molar refractivity (Wildman–Crippen MR) is 50.7 cm³/mol. The lowest BCUT2D eigenvalue weighted by Gasteiger charge is -2.15. The van der Waals surface area contributed by atoms with Crippen LogP contribution in [0, 0.1) is 13.8 Å². The summed E-state index contributed by atoms with van der Waals surface area (Å²) in [4.78, 5) is 4.11. The lowest BCUT2D eigenvalue weighted by molar-refractivity contribution is -0.0451. The van der Waals surface area contributed by atoms with E-state index >= 15 is 0 Å². The van der Waals surface area contributed by atoms with E-state index in [1.54, 1.807) is 27.7 Å². The van der Waals surface area contributed by atoms with Crippen LogP contribution in [0.25, 0.3) is 0 Å². The first-order valence-electron chi connectivity index (χ1n) is 4.49. The molecule has 2 heterocycles. The van der Waals surface area contributed by atoms with Gasteiger partial charge in [0.2, 0.25) is 5.79 Å². The minimum absolute atomic E-state index is 0.171. The van der Waals surface area contributed by atoms with Crippen LogP contribution in [-0.4, -0.2) is 15.9 Å². The van der Waals surface area contributed by atoms with E-state index in [9.17, 15) is 5.11 Å². The van der Waals surface area contributed by atoms with Crippen LogP contribution in [0.5, 0.6) is 17.4 Å². The van der Waals surface area contributed by atoms with Gasteiger partial charge in [-0.25, -0.2) is 4.98 Å². The summed E-state index contributed by atoms with van der Waals surface area (Å²) in [6.45, 7) is 7.13. The normalized spacial score (nSPS) is 17.1. The number of hydrogen-bond donors (Lipinski definition) is 1. The number of rotatable bonds is 0. The van der Waals surface area contributed by atoms with E-state index < -0.39 is 5.79 Å². The van der Waals surface area contributed by atoms with Gasteiger partial charge in [0.15, 0.2) is 5.75 Å². The van der Waals surface area contributed by atoms with Crippen LogP contribution in [0.2, 0.25) is 0 Å². The second-order valence-electron chi connectivity index (χ2n) is 3.91. The Hall–Kier alpha value is -1.45. The van der Waals surface area contributed by atoms with Gasteiger partial charge in [-0.3, -0.25) is 0 Å². The Morgan fingerprint density at radius 2 is 1.86 bits per heavy atom. The summed E-state index contributed by atoms with van der Waals surface area (Å²) in [5.74, 6) is 0.478. The number of hydrogen-bond acceptors (Lipinski definition) is 4. The Morgan fingerprint density at radius 1 is 1.21 bits per heavy atom. The molecule has 1 aliphatic heterocycles. The number of pyridine rings is 1. The molecule has 76 valence electrons. The topological polar surface area (TPSA) is 51.6 Å². The zero-order valence-electron chi connectivity index (χ0n) is 8.71. The zero-order chi connectivity index (χ0) is 10.5. The van der Waals surface area contributed by atoms with Crippen molar-refractivity contribution in [2.75, 3.05) is 0 Å². The van der Waals surface area contributed by atoms with Gasteiger partial charge in [0, 0.05) is 19.4 Å². The molecule has 1 aromatic rings. The van der Waals surface area contributed by atoms with E-state index in [1.165, 1.54) is 0 Å². The van der Waals surface area contributed by atoms with Crippen LogP contribution in [0.3, 0.4) is 0 Å². The molecule has 0 amide bonds. The van der Waals surface area contributed by atoms with Crippen molar-refractivity contribution in [1.29, 1.82) is 0 Å². The number of ether oxygens (including phenoxy) is 2. The molecule has 0 aliphatic carbocycles. The summed E-state index contributed by atoms with van der Waals surface area (Å²) in [5, 5.41) is 9.64. The molecule has 14 heavy (non-hydrogen) atoms. The van der Waals surface area contributed by atoms with Gasteiger partial charge < -0.3 is 14.6 Å². The summed E-state index contributed by atoms with van der Waals surface area (Å²) < 4.78 is 11.0. The quantitative estimate of drug-likeness (QED) is 0.687. The summed E-state index contributed by atoms with van der Waals surface area (Å²) in [5.41, 5.74) is 1.24. The molecule has 0 aromatic carbocycles. The molecule has 0 unspecified atom stereocenters. The summed E-state index contributed by atoms with van der Waals surface area (Å²) in [6.07, 6.45) is 0. The van der Waals surface area contributed by atoms with Crippen molar-refractivity contribution < 1.29 is 14.6 Å². The Morgan fingerprint density at radius 3 is 2.50 bits per heavy atom. The maximum atomic E-state index is 9.64. The van der Waals surface area contributed by atoms with Gasteiger partial charge in [0.1, 0.15) is 5.75 Å². The highest BCUT2D eigenvalue weighted by molar-refractivity contribution is 5.52. The van der Waals surface area contributed by atoms with Crippen molar-refractivity contribution in [3.63, 3.8) is 0 Å². The SMILES string of the molecule is Cc1nc2c(c(C)c1O)OC(C)(C)O2. The van der Waals surface area contributed by atoms with Gasteiger partial charge in [-0.1, -0.05) is 0 Å². The fraction of sp³-hybridized carbons (Fsp3) is 0.500. The lowest BCUT2D eigenvalue weighted by atomic mass is 10.2. The molecule has 0 bridgehead atoms. The van der Waals surface area contributed by atoms with Gasteiger partial charge >= 0.3 is 0 Å². The third-order valence-electron chi connectivity index (χ3n) is 2.19. The third-order valence-corrected chi connectivity index (χ3v) is 2.19. The molecule has 2 rings (SSSR count). The van der Waals surface area contributed by atoms with E-state index in [0.717, 1.165) is 0 Å². The van der Waals surface area contributed by atoms with Gasteiger partial charge in [-0.2, -0.15) is 0 Å². The van der Waals surface area contributed by atoms with Crippen molar-refractivity contribution in [2.45, 2.75) is 33.5 Å². The molecule has 1 aromatic heterocycles. The van der Waals surface area contributed by atoms with E-state index in [-0.39, 0.29) is 5.75 Å². The molecule has 0 atom stereocenters. The molecule has 4 nitrogen and oxygen atoms in total. The average molecular weight is 195 g/mol. The molecular formula is C10H13NO3. The van der Waals surface area contributed by atoms with Gasteiger partial charge in [-0.15, -0.1) is 0 Å². The maximum absolute atomic E-state index is 9.64. The third kappa shape index (κ3) is 1.18. The standard InChI is InChI=1S/C10H13NO3/c1-5-7(12)6(2)11-9-8(5)13-10(3,4)14-9/h12H,1-4H3. The van der Waals surface area contributed by atoms with E-state index in [2.05, 4.69) is 4.98 Å². The van der Waals surface area contributed by atoms with Gasteiger partial charge in [0.05, 0.1) is 5.69 Å². The van der Waals surface area contributed by atoms with Crippen molar-refractivity contribution >= 4 is 0 Å². The summed E-state index contributed by atoms with van der Waals surface area (Å²) in [7, 11) is 0. The first-order chi connectivity index (χ1) is 6.41. The number of aryl methyl sites for hydroxylation is 1. The second-order valence-corrected chi connectivity index (χ2v) is 3.91. The highest BCUT2D eigenvalue weighted by Gasteiger charge is 2.35. The molecule has 0 fully saturated rings. The molecule has 0 saturated carbocycles. The minimum Gasteiger partial charge on any atom is -0.506 e. The lowest BCUT2D eigenvalue weighted by Crippen LogP contribution is -2.30. The van der Waals surface area contributed by atoms with Crippen molar-refractivity contribution in [3.8, 4) is 17.4 Å². The monoisotopic (exact) mass is 195 g/mol. The summed E-state index contributed by atoms with van der Waals surface area (Å²) in [6, 6.07) is 0. The first-order valence-corrected chi connectivity index (χ1v) is 4.49. The molecule has 0 saturated heterocycles. The Labute approximate surface area is 82.5 Å². The average Bonchev–Trinajstić information content (AvgIpc) is 2.37. The zero-order valence-corrected chi connectivity index (χ0v) is 8.71. The largest absolute Gasteiger partial charge is 0.506 e. The van der Waals surface area contributed by atoms with Crippen LogP contribution in [0.1, 0.15) is 25.1 Å². The molecule has 4 heteroatoms. The first kappa shape index (κ1) is 9.12. The highest BCUT2D eigenvalue weighted by Crippen LogP contribution is 2.43. The van der Waals surface area contributed by atoms with Crippen molar-refractivity contribution in [2.24, 2.45) is 0 Å². The molecule has 0 spiro atoms. The van der Waals surface area contributed by atoms with Crippen LogP contribution in [0.4, 0.5) is 0 Å². The van der Waals surface area contributed by atoms with Crippen molar-refractivity contribution in [3.05, 3.63) is 11.3 Å². The van der Waals surface area contributed by atoms with Gasteiger partial charge in [0.25, 0.3) is 5.88 Å². The molecule has 1 N–H and O–H groups in total. The van der Waals surface area contributed by atoms with E-state index in [0.29, 0.717) is 22.9 Å². The summed E-state index contributed by atoms with van der Waals surface area (Å²) >= 11 is 0. The fourth-order valence-electron chi connectivity index (χ4n) is 1.48. The predicted octanol–water partition coefficient (Wildman–Crippen LogP) is 1.91. The number of fused-ring (bicyclic) bond motifs is 1. The van der Waals surface area contributed by atoms with Crippen molar-refractivity contribution in [1.82, 2.24) is 4.98 Å². The Bertz CT molecular complexity index is 399. The van der Waals surface area contributed by atoms with Crippen LogP contribution in [-0.2, 0) is 0 Å². The van der Waals surface area contributed by atoms with Gasteiger partial charge in [-0.05, 0) is 13.8 Å². The maximum Gasteiger partial charge on any atom is 0.261 e. The number of aromatic nitrogens is 1. The number of aromatic hydroxyl groups is 1. The smallest absolute Gasteiger partial charge is 0.261 e. The van der Waals surface area contributed by atoms with Crippen LogP contribution in [0.15, 0.2) is 0 Å². The number of nitrogens with zero attached hydrogens (tertiary/aromatic N) is 1. The van der Waals surface area contributed by atoms with E-state index in [1.807, 2.05) is 0 Å². The Balaban J connectivity index is 2.59.